The molecule has 0 aliphatic rings. The molecule has 19 heavy (non-hydrogen) atoms. The van der Waals surface area contributed by atoms with E-state index in [1.807, 2.05) is 0 Å². The predicted molar refractivity (Wildman–Crippen MR) is 83.0 cm³/mol. The van der Waals surface area contributed by atoms with Gasteiger partial charge in [-0.2, -0.15) is 0 Å². The molecule has 2 nitrogen and oxygen atoms in total. The molecule has 0 aromatic heterocycles. The van der Waals surface area contributed by atoms with Gasteiger partial charge in [0.25, 0.3) is 0 Å². The van der Waals surface area contributed by atoms with E-state index in [4.69, 9.17) is 4.74 Å². The van der Waals surface area contributed by atoms with Crippen LogP contribution in [-0.2, 0) is 6.42 Å². The second-order valence-electron chi connectivity index (χ2n) is 5.83. The minimum absolute atomic E-state index is 0.288. The van der Waals surface area contributed by atoms with Gasteiger partial charge in [0, 0.05) is 6.54 Å². The monoisotopic (exact) mass is 263 g/mol. The lowest BCUT2D eigenvalue weighted by Crippen LogP contribution is -2.33. The van der Waals surface area contributed by atoms with E-state index in [2.05, 4.69) is 51.2 Å². The van der Waals surface area contributed by atoms with Gasteiger partial charge in [-0.15, -0.1) is 0 Å². The predicted octanol–water partition coefficient (Wildman–Crippen LogP) is 3.96. The summed E-state index contributed by atoms with van der Waals surface area (Å²) in [7, 11) is 1.76. The molecule has 1 N–H and O–H groups in total. The smallest absolute Gasteiger partial charge is 0.122 e. The largest absolute Gasteiger partial charge is 0.496 e. The first-order chi connectivity index (χ1) is 9.04. The Bertz CT molecular complexity index is 389. The van der Waals surface area contributed by atoms with Crippen molar-refractivity contribution in [2.75, 3.05) is 20.2 Å². The quantitative estimate of drug-likeness (QED) is 0.717. The molecule has 0 saturated carbocycles. The van der Waals surface area contributed by atoms with Crippen molar-refractivity contribution in [1.29, 1.82) is 0 Å². The van der Waals surface area contributed by atoms with Crippen LogP contribution in [0.5, 0.6) is 5.75 Å². The van der Waals surface area contributed by atoms with Crippen LogP contribution in [0.3, 0.4) is 0 Å². The number of methoxy groups -OCH3 is 1. The molecule has 0 saturated heterocycles. The van der Waals surface area contributed by atoms with Crippen molar-refractivity contribution >= 4 is 0 Å². The van der Waals surface area contributed by atoms with Crippen LogP contribution in [0.4, 0.5) is 0 Å². The fourth-order valence-electron chi connectivity index (χ4n) is 2.38. The van der Waals surface area contributed by atoms with E-state index in [0.29, 0.717) is 0 Å². The molecule has 1 unspecified atom stereocenters. The number of nitrogens with one attached hydrogen (secondary N) is 1. The summed E-state index contributed by atoms with van der Waals surface area (Å²) >= 11 is 0. The molecule has 0 amide bonds. The van der Waals surface area contributed by atoms with Gasteiger partial charge in [0.15, 0.2) is 0 Å². The Hall–Kier alpha value is -1.02. The molecule has 0 heterocycles. The van der Waals surface area contributed by atoms with E-state index >= 15 is 0 Å². The summed E-state index contributed by atoms with van der Waals surface area (Å²) in [6.07, 6.45) is 3.42. The molecule has 0 spiro atoms. The van der Waals surface area contributed by atoms with E-state index in [1.54, 1.807) is 7.11 Å². The average Bonchev–Trinajstić information content (AvgIpc) is 2.39. The molecular formula is C17H29NO. The number of hydrogen-bond acceptors (Lipinski definition) is 2. The molecule has 0 aliphatic heterocycles. The Morgan fingerprint density at radius 1 is 1.26 bits per heavy atom. The number of rotatable bonds is 8. The van der Waals surface area contributed by atoms with Crippen LogP contribution in [-0.4, -0.2) is 20.2 Å². The van der Waals surface area contributed by atoms with Crippen molar-refractivity contribution < 1.29 is 4.74 Å². The van der Waals surface area contributed by atoms with Crippen LogP contribution in [0.1, 0.15) is 44.7 Å². The normalized spacial score (nSPS) is 14.2. The van der Waals surface area contributed by atoms with Gasteiger partial charge >= 0.3 is 0 Å². The molecule has 1 rings (SSSR count). The van der Waals surface area contributed by atoms with Gasteiger partial charge < -0.3 is 10.1 Å². The minimum atomic E-state index is 0.288. The van der Waals surface area contributed by atoms with Crippen LogP contribution in [0.25, 0.3) is 0 Å². The van der Waals surface area contributed by atoms with Gasteiger partial charge in [0.2, 0.25) is 0 Å². The fraction of sp³-hybridized carbons (Fsp3) is 0.647. The highest BCUT2D eigenvalue weighted by molar-refractivity contribution is 5.37. The van der Waals surface area contributed by atoms with Crippen LogP contribution in [0, 0.1) is 12.3 Å². The molecule has 1 atom stereocenters. The third kappa shape index (κ3) is 4.87. The molecule has 2 heteroatoms. The molecule has 0 bridgehead atoms. The van der Waals surface area contributed by atoms with E-state index in [0.717, 1.165) is 25.3 Å². The zero-order chi connectivity index (χ0) is 14.3. The maximum absolute atomic E-state index is 5.50. The van der Waals surface area contributed by atoms with Crippen LogP contribution < -0.4 is 10.1 Å². The average molecular weight is 263 g/mol. The number of ether oxygens (including phenoxy) is 1. The molecule has 108 valence electrons. The fourth-order valence-corrected chi connectivity index (χ4v) is 2.38. The lowest BCUT2D eigenvalue weighted by atomic mass is 9.80. The zero-order valence-corrected chi connectivity index (χ0v) is 13.2. The molecular weight excluding hydrogens is 234 g/mol. The number of benzene rings is 1. The molecule has 1 aromatic rings. The first-order valence-corrected chi connectivity index (χ1v) is 7.39. The summed E-state index contributed by atoms with van der Waals surface area (Å²) in [4.78, 5) is 0. The number of aryl methyl sites for hydroxylation is 1. The van der Waals surface area contributed by atoms with Crippen molar-refractivity contribution in [3.8, 4) is 5.75 Å². The Morgan fingerprint density at radius 3 is 2.58 bits per heavy atom. The van der Waals surface area contributed by atoms with Gasteiger partial charge in [0.05, 0.1) is 7.11 Å². The number of hydrogen-bond donors (Lipinski definition) is 1. The third-order valence-corrected chi connectivity index (χ3v) is 3.89. The second-order valence-corrected chi connectivity index (χ2v) is 5.83. The van der Waals surface area contributed by atoms with Crippen LogP contribution in [0.2, 0.25) is 0 Å². The second kappa shape index (κ2) is 7.54. The maximum Gasteiger partial charge on any atom is 0.122 e. The molecule has 0 aliphatic carbocycles. The topological polar surface area (TPSA) is 21.3 Å². The summed E-state index contributed by atoms with van der Waals surface area (Å²) in [5, 5.41) is 3.56. The standard InChI is InChI=1S/C17H29NO/c1-6-10-18-13-17(4,7-2)12-15-11-14(3)8-9-16(15)19-5/h8-9,11,18H,6-7,10,12-13H2,1-5H3. The third-order valence-electron chi connectivity index (χ3n) is 3.89. The minimum Gasteiger partial charge on any atom is -0.496 e. The van der Waals surface area contributed by atoms with Gasteiger partial charge in [0.1, 0.15) is 5.75 Å². The van der Waals surface area contributed by atoms with Crippen LogP contribution >= 0.6 is 0 Å². The van der Waals surface area contributed by atoms with Crippen molar-refractivity contribution in [2.45, 2.75) is 47.0 Å². The molecule has 0 fully saturated rings. The first kappa shape index (κ1) is 16.0. The first-order valence-electron chi connectivity index (χ1n) is 7.39. The van der Waals surface area contributed by atoms with Crippen molar-refractivity contribution in [3.63, 3.8) is 0 Å². The van der Waals surface area contributed by atoms with Crippen LogP contribution in [0.15, 0.2) is 18.2 Å². The summed E-state index contributed by atoms with van der Waals surface area (Å²) < 4.78 is 5.50. The van der Waals surface area contributed by atoms with E-state index in [9.17, 15) is 0 Å². The Morgan fingerprint density at radius 2 is 2.00 bits per heavy atom. The van der Waals surface area contributed by atoms with Crippen molar-refractivity contribution in [1.82, 2.24) is 5.32 Å². The lowest BCUT2D eigenvalue weighted by Gasteiger charge is -2.29. The summed E-state index contributed by atoms with van der Waals surface area (Å²) in [6.45, 7) is 11.1. The summed E-state index contributed by atoms with van der Waals surface area (Å²) in [6, 6.07) is 6.45. The van der Waals surface area contributed by atoms with E-state index in [1.165, 1.54) is 24.0 Å². The van der Waals surface area contributed by atoms with Gasteiger partial charge in [-0.1, -0.05) is 38.5 Å². The van der Waals surface area contributed by atoms with Crippen molar-refractivity contribution in [2.24, 2.45) is 5.41 Å². The van der Waals surface area contributed by atoms with E-state index < -0.39 is 0 Å². The zero-order valence-electron chi connectivity index (χ0n) is 13.2. The Labute approximate surface area is 118 Å². The van der Waals surface area contributed by atoms with Gasteiger partial charge in [-0.3, -0.25) is 0 Å². The van der Waals surface area contributed by atoms with Gasteiger partial charge in [-0.25, -0.2) is 0 Å². The molecule has 0 radical (unpaired) electrons. The van der Waals surface area contributed by atoms with Gasteiger partial charge in [-0.05, 0) is 49.8 Å². The Kier molecular flexibility index (Phi) is 6.36. The van der Waals surface area contributed by atoms with E-state index in [-0.39, 0.29) is 5.41 Å². The Balaban J connectivity index is 2.81. The summed E-state index contributed by atoms with van der Waals surface area (Å²) in [5.41, 5.74) is 2.91. The highest BCUT2D eigenvalue weighted by atomic mass is 16.5. The maximum atomic E-state index is 5.50. The molecule has 1 aromatic carbocycles. The SMILES string of the molecule is CCCNCC(C)(CC)Cc1cc(C)ccc1OC. The van der Waals surface area contributed by atoms with Crippen molar-refractivity contribution in [3.05, 3.63) is 29.3 Å². The lowest BCUT2D eigenvalue weighted by molar-refractivity contribution is 0.286. The summed E-state index contributed by atoms with van der Waals surface area (Å²) in [5.74, 6) is 1.01. The highest BCUT2D eigenvalue weighted by Gasteiger charge is 2.23. The highest BCUT2D eigenvalue weighted by Crippen LogP contribution is 2.31.